The van der Waals surface area contributed by atoms with Gasteiger partial charge < -0.3 is 26.2 Å². The first-order chi connectivity index (χ1) is 12.7. The Labute approximate surface area is 155 Å². The van der Waals surface area contributed by atoms with Crippen molar-refractivity contribution in [1.82, 2.24) is 0 Å². The molecule has 0 aromatic heterocycles. The predicted octanol–water partition coefficient (Wildman–Crippen LogP) is 0.186. The number of allylic oxidation sites excluding steroid dienone is 1. The van der Waals surface area contributed by atoms with Gasteiger partial charge in [-0.25, -0.2) is 0 Å². The summed E-state index contributed by atoms with van der Waals surface area (Å²) in [7, 11) is 0. The molecule has 0 bridgehead atoms. The molecule has 6 atom stereocenters. The molecule has 2 fully saturated rings. The molecule has 0 aromatic carbocycles. The Balaban J connectivity index is 1.86. The van der Waals surface area contributed by atoms with Crippen molar-refractivity contribution in [1.29, 1.82) is 0 Å². The van der Waals surface area contributed by atoms with Gasteiger partial charge >= 0.3 is 0 Å². The normalized spacial score (nSPS) is 41.8. The summed E-state index contributed by atoms with van der Waals surface area (Å²) in [4.78, 5) is 36.8. The minimum Gasteiger partial charge on any atom is -0.508 e. The van der Waals surface area contributed by atoms with Gasteiger partial charge in [0, 0.05) is 17.9 Å². The molecule has 8 nitrogen and oxygen atoms in total. The maximum absolute atomic E-state index is 13.1. The largest absolute Gasteiger partial charge is 0.508 e. The summed E-state index contributed by atoms with van der Waals surface area (Å²) in [5.74, 6) is -5.84. The number of hydrogen-bond donors (Lipinski definition) is 5. The predicted molar refractivity (Wildman–Crippen MR) is 91.1 cm³/mol. The Kier molecular flexibility index (Phi) is 3.98. The van der Waals surface area contributed by atoms with E-state index in [1.165, 1.54) is 0 Å². The van der Waals surface area contributed by atoms with Gasteiger partial charge in [-0.05, 0) is 37.5 Å². The van der Waals surface area contributed by atoms with Gasteiger partial charge in [0.15, 0.2) is 17.2 Å². The van der Waals surface area contributed by atoms with E-state index in [0.29, 0.717) is 12.8 Å². The van der Waals surface area contributed by atoms with Crippen LogP contribution in [0.3, 0.4) is 0 Å². The van der Waals surface area contributed by atoms with Crippen LogP contribution in [0, 0.1) is 23.7 Å². The molecule has 4 aliphatic rings. The zero-order valence-corrected chi connectivity index (χ0v) is 14.7. The number of Topliss-reactive ketones (excluding diaryl/α,β-unsaturated/α-hetero) is 2. The second-order valence-electron chi connectivity index (χ2n) is 8.26. The third-order valence-corrected chi connectivity index (χ3v) is 6.89. The average molecular weight is 377 g/mol. The minimum atomic E-state index is -2.38. The number of amides is 1. The fraction of sp³-hybridized carbons (Fsp3) is 0.632. The fourth-order valence-corrected chi connectivity index (χ4v) is 5.66. The number of primary amides is 1. The lowest BCUT2D eigenvalue weighted by Crippen LogP contribution is -2.55. The van der Waals surface area contributed by atoms with E-state index < -0.39 is 58.1 Å². The number of carbonyl (C=O) groups excluding carboxylic acids is 3. The highest BCUT2D eigenvalue weighted by molar-refractivity contribution is 6.20. The number of fused-ring (bicyclic) bond motifs is 3. The van der Waals surface area contributed by atoms with E-state index in [1.807, 2.05) is 0 Å². The van der Waals surface area contributed by atoms with Gasteiger partial charge in [0.05, 0.1) is 12.0 Å². The zero-order chi connectivity index (χ0) is 19.7. The van der Waals surface area contributed by atoms with Crippen LogP contribution in [0.5, 0.6) is 0 Å². The van der Waals surface area contributed by atoms with Crippen LogP contribution < -0.4 is 5.73 Å². The Hall–Kier alpha value is -2.19. The molecule has 1 amide bonds. The SMILES string of the molecule is NC(=O)C1=C(O)[C@@]2(O)C(O)=C3C(=O)C4C(O)CCCC4CC3C[C@H]2CC1=O. The lowest BCUT2D eigenvalue weighted by atomic mass is 9.56. The average Bonchev–Trinajstić information content (AvgIpc) is 2.57. The first-order valence-electron chi connectivity index (χ1n) is 9.32. The Bertz CT molecular complexity index is 813. The summed E-state index contributed by atoms with van der Waals surface area (Å²) in [6, 6.07) is 0. The number of aliphatic hydroxyl groups excluding tert-OH is 3. The molecule has 6 N–H and O–H groups in total. The molecule has 0 heterocycles. The number of aliphatic hydroxyl groups is 4. The molecule has 2 saturated carbocycles. The first-order valence-corrected chi connectivity index (χ1v) is 9.32. The molecule has 0 spiro atoms. The molecule has 0 saturated heterocycles. The van der Waals surface area contributed by atoms with Crippen molar-refractivity contribution in [2.45, 2.75) is 50.2 Å². The van der Waals surface area contributed by atoms with Gasteiger partial charge in [-0.1, -0.05) is 6.42 Å². The van der Waals surface area contributed by atoms with Gasteiger partial charge in [-0.2, -0.15) is 0 Å². The topological polar surface area (TPSA) is 158 Å². The molecular weight excluding hydrogens is 354 g/mol. The number of nitrogens with two attached hydrogens (primary N) is 1. The van der Waals surface area contributed by atoms with Crippen molar-refractivity contribution in [3.8, 4) is 0 Å². The van der Waals surface area contributed by atoms with E-state index in [4.69, 9.17) is 5.73 Å². The number of carbonyl (C=O) groups is 3. The van der Waals surface area contributed by atoms with Crippen molar-refractivity contribution in [2.24, 2.45) is 29.4 Å². The van der Waals surface area contributed by atoms with Crippen LogP contribution in [0.25, 0.3) is 0 Å². The smallest absolute Gasteiger partial charge is 0.255 e. The molecule has 4 aliphatic carbocycles. The lowest BCUT2D eigenvalue weighted by Gasteiger charge is -2.49. The van der Waals surface area contributed by atoms with Crippen LogP contribution in [0.15, 0.2) is 22.7 Å². The van der Waals surface area contributed by atoms with Gasteiger partial charge in [0.2, 0.25) is 0 Å². The Morgan fingerprint density at radius 3 is 2.48 bits per heavy atom. The summed E-state index contributed by atoms with van der Waals surface area (Å²) in [6.07, 6.45) is 1.88. The molecular formula is C19H23NO7. The van der Waals surface area contributed by atoms with Crippen LogP contribution in [0.2, 0.25) is 0 Å². The quantitative estimate of drug-likeness (QED) is 0.408. The monoisotopic (exact) mass is 377 g/mol. The molecule has 146 valence electrons. The molecule has 4 rings (SSSR count). The highest BCUT2D eigenvalue weighted by Gasteiger charge is 2.60. The van der Waals surface area contributed by atoms with Gasteiger partial charge in [-0.15, -0.1) is 0 Å². The van der Waals surface area contributed by atoms with Crippen LogP contribution in [0.4, 0.5) is 0 Å². The standard InChI is InChI=1S/C19H23NO7/c20-18(26)14-11(22)6-9-5-8-4-7-2-1-3-10(21)12(7)15(23)13(8)16(24)19(9,27)17(14)25/h7-10,12,21,24-25,27H,1-6H2,(H2,20,26)/t7?,8?,9-,10?,12?,19-/m0/s1. The zero-order valence-electron chi connectivity index (χ0n) is 14.7. The first kappa shape index (κ1) is 18.2. The van der Waals surface area contributed by atoms with E-state index in [-0.39, 0.29) is 30.3 Å². The van der Waals surface area contributed by atoms with Crippen LogP contribution in [-0.4, -0.2) is 49.6 Å². The van der Waals surface area contributed by atoms with Crippen LogP contribution in [0.1, 0.15) is 38.5 Å². The van der Waals surface area contributed by atoms with E-state index in [0.717, 1.165) is 12.8 Å². The fourth-order valence-electron chi connectivity index (χ4n) is 5.66. The summed E-state index contributed by atoms with van der Waals surface area (Å²) >= 11 is 0. The molecule has 8 heteroatoms. The van der Waals surface area contributed by atoms with Crippen LogP contribution in [-0.2, 0) is 14.4 Å². The summed E-state index contributed by atoms with van der Waals surface area (Å²) < 4.78 is 0. The summed E-state index contributed by atoms with van der Waals surface area (Å²) in [5.41, 5.74) is 2.03. The van der Waals surface area contributed by atoms with Gasteiger partial charge in [0.1, 0.15) is 17.1 Å². The minimum absolute atomic E-state index is 0.000620. The van der Waals surface area contributed by atoms with Crippen LogP contribution >= 0.6 is 0 Å². The third kappa shape index (κ3) is 2.32. The molecule has 0 aromatic rings. The highest BCUT2D eigenvalue weighted by Crippen LogP contribution is 2.54. The second kappa shape index (κ2) is 5.90. The highest BCUT2D eigenvalue weighted by atomic mass is 16.4. The maximum atomic E-state index is 13.1. The number of rotatable bonds is 1. The maximum Gasteiger partial charge on any atom is 0.255 e. The third-order valence-electron chi connectivity index (χ3n) is 6.89. The molecule has 0 radical (unpaired) electrons. The number of ketones is 2. The summed E-state index contributed by atoms with van der Waals surface area (Å²) in [6.45, 7) is 0. The lowest BCUT2D eigenvalue weighted by molar-refractivity contribution is -0.135. The molecule has 0 aliphatic heterocycles. The van der Waals surface area contributed by atoms with E-state index in [1.54, 1.807) is 0 Å². The second-order valence-corrected chi connectivity index (χ2v) is 8.26. The van der Waals surface area contributed by atoms with E-state index in [2.05, 4.69) is 0 Å². The van der Waals surface area contributed by atoms with Gasteiger partial charge in [0.25, 0.3) is 5.91 Å². The Morgan fingerprint density at radius 2 is 1.81 bits per heavy atom. The van der Waals surface area contributed by atoms with Crippen molar-refractivity contribution in [3.05, 3.63) is 22.7 Å². The van der Waals surface area contributed by atoms with Crippen molar-refractivity contribution >= 4 is 17.5 Å². The van der Waals surface area contributed by atoms with E-state index in [9.17, 15) is 34.8 Å². The molecule has 27 heavy (non-hydrogen) atoms. The van der Waals surface area contributed by atoms with Gasteiger partial charge in [-0.3, -0.25) is 14.4 Å². The van der Waals surface area contributed by atoms with E-state index >= 15 is 0 Å². The van der Waals surface area contributed by atoms with Crippen molar-refractivity contribution in [2.75, 3.05) is 0 Å². The van der Waals surface area contributed by atoms with Crippen molar-refractivity contribution < 1.29 is 34.8 Å². The Morgan fingerprint density at radius 1 is 1.11 bits per heavy atom. The molecule has 4 unspecified atom stereocenters. The number of hydrogen-bond acceptors (Lipinski definition) is 7. The van der Waals surface area contributed by atoms with Crippen molar-refractivity contribution in [3.63, 3.8) is 0 Å². The summed E-state index contributed by atoms with van der Waals surface area (Å²) in [5, 5.41) is 42.7.